The Hall–Kier alpha value is -2.31. The van der Waals surface area contributed by atoms with Gasteiger partial charge in [-0.05, 0) is 13.3 Å². The number of hydrogen-bond acceptors (Lipinski definition) is 8. The van der Waals surface area contributed by atoms with Crippen LogP contribution >= 0.6 is 11.8 Å². The normalized spacial score (nSPS) is 30.8. The molecule has 0 unspecified atom stereocenters. The van der Waals surface area contributed by atoms with Crippen LogP contribution in [0.15, 0.2) is 10.6 Å². The number of nitrogens with one attached hydrogen (secondary N) is 1. The van der Waals surface area contributed by atoms with Crippen LogP contribution in [0.2, 0.25) is 0 Å². The van der Waals surface area contributed by atoms with E-state index in [1.807, 2.05) is 6.92 Å². The first-order chi connectivity index (χ1) is 13.9. The minimum Gasteiger partial charge on any atom is -0.530 e. The van der Waals surface area contributed by atoms with Crippen LogP contribution in [0.3, 0.4) is 0 Å². The highest BCUT2D eigenvalue weighted by atomic mass is 32.2. The van der Waals surface area contributed by atoms with Gasteiger partial charge in [-0.3, -0.25) is 9.59 Å². The van der Waals surface area contributed by atoms with Gasteiger partial charge in [0.1, 0.15) is 11.8 Å². The molecule has 0 aromatic heterocycles. The molecule has 6 atom stereocenters. The fourth-order valence-corrected chi connectivity index (χ4v) is 5.63. The first-order valence-corrected chi connectivity index (χ1v) is 10.3. The van der Waals surface area contributed by atoms with E-state index in [1.165, 1.54) is 16.7 Å². The zero-order chi connectivity index (χ0) is 22.9. The molecule has 5 N–H and O–H groups in total. The zero-order valence-electron chi connectivity index (χ0n) is 17.2. The fraction of sp³-hybridized carbons (Fsp3) is 0.667. The minimum absolute atomic E-state index is 0.00757. The summed E-state index contributed by atoms with van der Waals surface area (Å²) in [6.07, 6.45) is -1.77. The summed E-state index contributed by atoms with van der Waals surface area (Å²) in [5.41, 5.74) is 3.96. The highest BCUT2D eigenvalue weighted by Gasteiger charge is 2.60. The summed E-state index contributed by atoms with van der Waals surface area (Å²) in [5, 5.41) is 31.5. The van der Waals surface area contributed by atoms with E-state index in [1.54, 1.807) is 25.9 Å². The Morgan fingerprint density at radius 3 is 2.40 bits per heavy atom. The summed E-state index contributed by atoms with van der Waals surface area (Å²) in [6.45, 7) is 4.08. The van der Waals surface area contributed by atoms with Gasteiger partial charge < -0.3 is 41.0 Å². The van der Waals surface area contributed by atoms with Gasteiger partial charge in [-0.25, -0.2) is 4.79 Å². The number of thioether (sulfide) groups is 1. The molecule has 2 fully saturated rings. The van der Waals surface area contributed by atoms with E-state index < -0.39 is 24.1 Å². The number of aliphatic hydroxyl groups excluding tert-OH is 1. The van der Waals surface area contributed by atoms with Crippen LogP contribution in [0.5, 0.6) is 0 Å². The van der Waals surface area contributed by atoms with Crippen molar-refractivity contribution in [3.05, 3.63) is 10.6 Å². The number of β-lactam (4-membered cyclic amide) rings is 1. The molecule has 11 nitrogen and oxygen atoms in total. The molecule has 0 spiro atoms. The van der Waals surface area contributed by atoms with Crippen molar-refractivity contribution in [1.82, 2.24) is 15.1 Å². The molecule has 0 saturated carbocycles. The standard InChI is InChI=1S/C17H25N3O5S.CH3NO2/c1-7-12-11(8(2)21)16(23)20(12)13(17(24)25)14(7)26-9-5-10(18-6-9)15(22)19(3)4;2-1(3)4/h7-12,18,21H,5-6H2,1-4H3,(H,24,25);2H2,(H,3,4)/p-1/t7-,8-,9+,10+,11-,12-;/m1./s1. The zero-order valence-corrected chi connectivity index (χ0v) is 18.0. The number of likely N-dealkylation sites (N-methyl/N-ethyl adjacent to an activating group) is 1. The summed E-state index contributed by atoms with van der Waals surface area (Å²) in [6, 6.07) is -0.568. The molecule has 3 amide bonds. The van der Waals surface area contributed by atoms with E-state index in [0.717, 1.165) is 0 Å². The first-order valence-electron chi connectivity index (χ1n) is 9.44. The topological polar surface area (TPSA) is 176 Å². The lowest BCUT2D eigenvalue weighted by atomic mass is 9.79. The van der Waals surface area contributed by atoms with Crippen molar-refractivity contribution in [3.8, 4) is 0 Å². The Morgan fingerprint density at radius 1 is 1.37 bits per heavy atom. The first kappa shape index (κ1) is 24.0. The van der Waals surface area contributed by atoms with Crippen molar-refractivity contribution in [1.29, 1.82) is 0 Å². The predicted molar refractivity (Wildman–Crippen MR) is 106 cm³/mol. The third-order valence-electron chi connectivity index (χ3n) is 5.43. The number of carbonyl (C=O) groups excluding carboxylic acids is 3. The molecule has 3 aliphatic rings. The maximum Gasteiger partial charge on any atom is 0.353 e. The molecule has 3 heterocycles. The van der Waals surface area contributed by atoms with Gasteiger partial charge in [-0.2, -0.15) is 0 Å². The summed E-state index contributed by atoms with van der Waals surface area (Å²) >= 11 is 1.45. The van der Waals surface area contributed by atoms with Crippen molar-refractivity contribution >= 4 is 35.6 Å². The van der Waals surface area contributed by atoms with Gasteiger partial charge >= 0.3 is 5.97 Å². The summed E-state index contributed by atoms with van der Waals surface area (Å²) in [4.78, 5) is 48.5. The number of hydrogen-bond donors (Lipinski definition) is 4. The van der Waals surface area contributed by atoms with Crippen LogP contribution in [-0.4, -0.2) is 88.0 Å². The second kappa shape index (κ2) is 9.23. The van der Waals surface area contributed by atoms with Crippen LogP contribution in [-0.2, 0) is 14.4 Å². The average Bonchev–Trinajstić information content (AvgIpc) is 3.16. The lowest BCUT2D eigenvalue weighted by Crippen LogP contribution is -2.63. The van der Waals surface area contributed by atoms with Crippen molar-refractivity contribution in [3.63, 3.8) is 0 Å². The molecule has 30 heavy (non-hydrogen) atoms. The number of carboxylic acid groups (broad SMARTS) is 2. The number of nitrogens with two attached hydrogens (primary N) is 1. The van der Waals surface area contributed by atoms with Gasteiger partial charge in [0.15, 0.2) is 0 Å². The van der Waals surface area contributed by atoms with Crippen molar-refractivity contribution in [2.45, 2.75) is 43.7 Å². The second-order valence-corrected chi connectivity index (χ2v) is 9.10. The minimum atomic E-state index is -1.58. The van der Waals surface area contributed by atoms with Crippen LogP contribution in [0.4, 0.5) is 4.79 Å². The maximum absolute atomic E-state index is 12.3. The van der Waals surface area contributed by atoms with Crippen molar-refractivity contribution in [2.24, 2.45) is 17.6 Å². The number of aliphatic carboxylic acids is 1. The maximum atomic E-state index is 12.3. The largest absolute Gasteiger partial charge is 0.530 e. The van der Waals surface area contributed by atoms with Gasteiger partial charge in [0.25, 0.3) is 0 Å². The Labute approximate surface area is 178 Å². The second-order valence-electron chi connectivity index (χ2n) is 7.76. The summed E-state index contributed by atoms with van der Waals surface area (Å²) < 4.78 is 0. The monoisotopic (exact) mass is 443 g/mol. The average molecular weight is 444 g/mol. The molecule has 3 aliphatic heterocycles. The molecule has 168 valence electrons. The third kappa shape index (κ3) is 4.55. The number of amides is 3. The highest BCUT2D eigenvalue weighted by molar-refractivity contribution is 8.03. The number of primary amides is 1. The van der Waals surface area contributed by atoms with Gasteiger partial charge in [0, 0.05) is 36.7 Å². The molecule has 2 saturated heterocycles. The Balaban J connectivity index is 0.000000735. The molecule has 0 bridgehead atoms. The predicted octanol–water partition coefficient (Wildman–Crippen LogP) is -2.02. The summed E-state index contributed by atoms with van der Waals surface area (Å²) in [5.74, 6) is -2.14. The van der Waals surface area contributed by atoms with E-state index in [9.17, 15) is 24.6 Å². The number of aliphatic hydroxyl groups is 1. The van der Waals surface area contributed by atoms with Gasteiger partial charge in [0.05, 0.1) is 24.1 Å². The van der Waals surface area contributed by atoms with Gasteiger partial charge in [0.2, 0.25) is 11.8 Å². The molecular weight excluding hydrogens is 416 g/mol. The van der Waals surface area contributed by atoms with Crippen LogP contribution in [0.1, 0.15) is 20.3 Å². The van der Waals surface area contributed by atoms with Crippen LogP contribution < -0.4 is 16.2 Å². The molecule has 0 aromatic carbocycles. The van der Waals surface area contributed by atoms with E-state index >= 15 is 0 Å². The van der Waals surface area contributed by atoms with E-state index in [0.29, 0.717) is 17.9 Å². The Kier molecular flexibility index (Phi) is 7.37. The molecule has 3 rings (SSSR count). The SMILES string of the molecule is C[C@@H](O)[C@H]1C(=O)N2C(C(=O)O)=C(S[C@@H]3CN[C@H](C(=O)N(C)C)C3)[C@H](C)[C@H]12.NC(=O)[O-]. The molecule has 12 heteroatoms. The fourth-order valence-electron chi connectivity index (χ4n) is 4.15. The molecule has 0 aliphatic carbocycles. The van der Waals surface area contributed by atoms with Crippen LogP contribution in [0, 0.1) is 11.8 Å². The van der Waals surface area contributed by atoms with Crippen molar-refractivity contribution in [2.75, 3.05) is 20.6 Å². The Bertz CT molecular complexity index is 766. The number of nitrogens with zero attached hydrogens (tertiary/aromatic N) is 2. The van der Waals surface area contributed by atoms with Crippen molar-refractivity contribution < 1.29 is 34.5 Å². The van der Waals surface area contributed by atoms with E-state index in [2.05, 4.69) is 11.1 Å². The molecular formula is C18H27N4O7S-. The lowest BCUT2D eigenvalue weighted by Gasteiger charge is -2.46. The van der Waals surface area contributed by atoms with Gasteiger partial charge in [-0.1, -0.05) is 6.92 Å². The quantitative estimate of drug-likeness (QED) is 0.349. The summed E-state index contributed by atoms with van der Waals surface area (Å²) in [7, 11) is 3.42. The van der Waals surface area contributed by atoms with Gasteiger partial charge in [-0.15, -0.1) is 11.8 Å². The number of carbonyl (C=O) groups is 4. The molecule has 0 radical (unpaired) electrons. The smallest absolute Gasteiger partial charge is 0.353 e. The number of fused-ring (bicyclic) bond motifs is 1. The Morgan fingerprint density at radius 2 is 1.93 bits per heavy atom. The number of carboxylic acids is 1. The van der Waals surface area contributed by atoms with Crippen LogP contribution in [0.25, 0.3) is 0 Å². The third-order valence-corrected chi connectivity index (χ3v) is 6.95. The highest BCUT2D eigenvalue weighted by Crippen LogP contribution is 2.51. The van der Waals surface area contributed by atoms with E-state index in [-0.39, 0.29) is 40.8 Å². The molecule has 0 aromatic rings. The van der Waals surface area contributed by atoms with E-state index in [4.69, 9.17) is 9.90 Å². The lowest BCUT2D eigenvalue weighted by molar-refractivity contribution is -0.245. The number of rotatable bonds is 5.